The highest BCUT2D eigenvalue weighted by atomic mass is 16.5. The van der Waals surface area contributed by atoms with Gasteiger partial charge >= 0.3 is 5.97 Å². The lowest BCUT2D eigenvalue weighted by Crippen LogP contribution is -2.49. The van der Waals surface area contributed by atoms with Gasteiger partial charge in [0.05, 0.1) is 6.61 Å². The van der Waals surface area contributed by atoms with E-state index >= 15 is 0 Å². The van der Waals surface area contributed by atoms with Crippen molar-refractivity contribution in [3.8, 4) is 0 Å². The van der Waals surface area contributed by atoms with Crippen molar-refractivity contribution in [1.29, 1.82) is 0 Å². The number of aliphatic hydroxyl groups is 1. The smallest absolute Gasteiger partial charge is 0.338 e. The van der Waals surface area contributed by atoms with Crippen LogP contribution in [0.2, 0.25) is 0 Å². The van der Waals surface area contributed by atoms with Gasteiger partial charge in [-0.1, -0.05) is 33.1 Å². The van der Waals surface area contributed by atoms with Gasteiger partial charge in [0.15, 0.2) is 5.60 Å². The lowest BCUT2D eigenvalue weighted by molar-refractivity contribution is -0.176. The van der Waals surface area contributed by atoms with Crippen LogP contribution in [-0.4, -0.2) is 23.3 Å². The van der Waals surface area contributed by atoms with Crippen molar-refractivity contribution in [2.75, 3.05) is 6.61 Å². The molecule has 3 heteroatoms. The van der Waals surface area contributed by atoms with Crippen LogP contribution in [0.5, 0.6) is 0 Å². The maximum Gasteiger partial charge on any atom is 0.338 e. The second-order valence-corrected chi connectivity index (χ2v) is 4.87. The molecule has 0 spiro atoms. The molecule has 1 N–H and O–H groups in total. The van der Waals surface area contributed by atoms with Gasteiger partial charge in [-0.2, -0.15) is 0 Å². The fourth-order valence-electron chi connectivity index (χ4n) is 2.84. The Morgan fingerprint density at radius 1 is 1.38 bits per heavy atom. The molecular formula is C13H24O3. The molecule has 0 saturated heterocycles. The first kappa shape index (κ1) is 13.5. The zero-order chi connectivity index (χ0) is 12.2. The Balaban J connectivity index is 2.80. The van der Waals surface area contributed by atoms with E-state index in [1.54, 1.807) is 6.92 Å². The molecule has 1 saturated carbocycles. The van der Waals surface area contributed by atoms with Crippen LogP contribution in [0.1, 0.15) is 52.9 Å². The first-order valence-electron chi connectivity index (χ1n) is 6.45. The van der Waals surface area contributed by atoms with Gasteiger partial charge < -0.3 is 9.84 Å². The van der Waals surface area contributed by atoms with Gasteiger partial charge in [-0.25, -0.2) is 4.79 Å². The third-order valence-electron chi connectivity index (χ3n) is 3.89. The predicted molar refractivity (Wildman–Crippen MR) is 63.0 cm³/mol. The zero-order valence-electron chi connectivity index (χ0n) is 10.7. The molecule has 3 unspecified atom stereocenters. The van der Waals surface area contributed by atoms with Crippen LogP contribution < -0.4 is 0 Å². The highest BCUT2D eigenvalue weighted by Gasteiger charge is 2.46. The molecule has 1 rings (SSSR count). The van der Waals surface area contributed by atoms with Crippen molar-refractivity contribution in [3.05, 3.63) is 0 Å². The summed E-state index contributed by atoms with van der Waals surface area (Å²) in [6.07, 6.45) is 4.80. The molecule has 0 aliphatic heterocycles. The van der Waals surface area contributed by atoms with Gasteiger partial charge in [0, 0.05) is 5.92 Å². The summed E-state index contributed by atoms with van der Waals surface area (Å²) in [5, 5.41) is 10.5. The van der Waals surface area contributed by atoms with E-state index < -0.39 is 11.6 Å². The Bertz CT molecular complexity index is 239. The van der Waals surface area contributed by atoms with Crippen LogP contribution in [-0.2, 0) is 9.53 Å². The minimum Gasteiger partial charge on any atom is -0.464 e. The summed E-state index contributed by atoms with van der Waals surface area (Å²) in [5.41, 5.74) is -1.27. The Kier molecular flexibility index (Phi) is 4.78. The molecule has 94 valence electrons. The summed E-state index contributed by atoms with van der Waals surface area (Å²) >= 11 is 0. The molecule has 0 bridgehead atoms. The molecule has 0 aromatic heterocycles. The van der Waals surface area contributed by atoms with E-state index in [9.17, 15) is 9.90 Å². The van der Waals surface area contributed by atoms with Crippen molar-refractivity contribution in [3.63, 3.8) is 0 Å². The van der Waals surface area contributed by atoms with Crippen LogP contribution in [0.25, 0.3) is 0 Å². The third-order valence-corrected chi connectivity index (χ3v) is 3.89. The summed E-state index contributed by atoms with van der Waals surface area (Å²) in [7, 11) is 0. The van der Waals surface area contributed by atoms with Crippen molar-refractivity contribution < 1.29 is 14.6 Å². The maximum absolute atomic E-state index is 11.9. The monoisotopic (exact) mass is 228 g/mol. The molecule has 0 aromatic carbocycles. The summed E-state index contributed by atoms with van der Waals surface area (Å²) in [4.78, 5) is 11.9. The van der Waals surface area contributed by atoms with E-state index in [0.717, 1.165) is 19.3 Å². The zero-order valence-corrected chi connectivity index (χ0v) is 10.7. The number of carbonyl (C=O) groups excluding carboxylic acids is 1. The number of hydrogen-bond donors (Lipinski definition) is 1. The molecule has 1 aliphatic rings. The number of ether oxygens (including phenoxy) is 1. The first-order chi connectivity index (χ1) is 7.56. The molecule has 0 radical (unpaired) electrons. The average Bonchev–Trinajstić information content (AvgIpc) is 2.29. The molecule has 3 atom stereocenters. The molecule has 0 heterocycles. The van der Waals surface area contributed by atoms with E-state index in [1.165, 1.54) is 6.42 Å². The van der Waals surface area contributed by atoms with Crippen molar-refractivity contribution in [2.24, 2.45) is 11.8 Å². The molecule has 3 nitrogen and oxygen atoms in total. The van der Waals surface area contributed by atoms with E-state index in [-0.39, 0.29) is 5.92 Å². The molecule has 1 fully saturated rings. The van der Waals surface area contributed by atoms with Crippen molar-refractivity contribution in [2.45, 2.75) is 58.5 Å². The summed E-state index contributed by atoms with van der Waals surface area (Å²) in [5.74, 6) is 0.0321. The summed E-state index contributed by atoms with van der Waals surface area (Å²) < 4.78 is 5.01. The second kappa shape index (κ2) is 5.67. The van der Waals surface area contributed by atoms with E-state index in [1.807, 2.05) is 6.92 Å². The summed E-state index contributed by atoms with van der Waals surface area (Å²) in [6.45, 7) is 6.10. The number of hydrogen-bond acceptors (Lipinski definition) is 3. The Morgan fingerprint density at radius 2 is 2.00 bits per heavy atom. The molecule has 1 aliphatic carbocycles. The Morgan fingerprint density at radius 3 is 2.50 bits per heavy atom. The lowest BCUT2D eigenvalue weighted by atomic mass is 9.70. The second-order valence-electron chi connectivity index (χ2n) is 4.87. The topological polar surface area (TPSA) is 46.5 Å². The molecule has 0 aromatic rings. The van der Waals surface area contributed by atoms with Crippen LogP contribution >= 0.6 is 0 Å². The quantitative estimate of drug-likeness (QED) is 0.752. The normalized spacial score (nSPS) is 29.5. The number of rotatable bonds is 4. The SMILES string of the molecule is CCOC(=O)C(O)(CC)C1CCCCC1C. The van der Waals surface area contributed by atoms with Crippen LogP contribution in [0, 0.1) is 11.8 Å². The number of carbonyl (C=O) groups is 1. The van der Waals surface area contributed by atoms with Crippen LogP contribution in [0.4, 0.5) is 0 Å². The molecular weight excluding hydrogens is 204 g/mol. The van der Waals surface area contributed by atoms with Gasteiger partial charge in [-0.15, -0.1) is 0 Å². The largest absolute Gasteiger partial charge is 0.464 e. The van der Waals surface area contributed by atoms with Gasteiger partial charge in [0.25, 0.3) is 0 Å². The van der Waals surface area contributed by atoms with Gasteiger partial charge in [0.2, 0.25) is 0 Å². The minimum absolute atomic E-state index is 0.0605. The highest BCUT2D eigenvalue weighted by Crippen LogP contribution is 2.39. The van der Waals surface area contributed by atoms with E-state index in [2.05, 4.69) is 6.92 Å². The third kappa shape index (κ3) is 2.57. The average molecular weight is 228 g/mol. The Labute approximate surface area is 98.2 Å². The first-order valence-corrected chi connectivity index (χ1v) is 6.45. The van der Waals surface area contributed by atoms with Crippen LogP contribution in [0.3, 0.4) is 0 Å². The van der Waals surface area contributed by atoms with Crippen molar-refractivity contribution >= 4 is 5.97 Å². The fourth-order valence-corrected chi connectivity index (χ4v) is 2.84. The van der Waals surface area contributed by atoms with Crippen molar-refractivity contribution in [1.82, 2.24) is 0 Å². The van der Waals surface area contributed by atoms with Gasteiger partial charge in [-0.05, 0) is 25.7 Å². The number of esters is 1. The van der Waals surface area contributed by atoms with E-state index in [0.29, 0.717) is 18.9 Å². The predicted octanol–water partition coefficient (Wildman–Crippen LogP) is 2.52. The standard InChI is InChI=1S/C13H24O3/c1-4-13(15,12(14)16-5-2)11-9-7-6-8-10(11)3/h10-11,15H,4-9H2,1-3H3. The minimum atomic E-state index is -1.27. The lowest BCUT2D eigenvalue weighted by Gasteiger charge is -2.39. The van der Waals surface area contributed by atoms with Gasteiger partial charge in [0.1, 0.15) is 0 Å². The van der Waals surface area contributed by atoms with Crippen LogP contribution in [0.15, 0.2) is 0 Å². The van der Waals surface area contributed by atoms with E-state index in [4.69, 9.17) is 4.74 Å². The molecule has 16 heavy (non-hydrogen) atoms. The maximum atomic E-state index is 11.9. The molecule has 0 amide bonds. The fraction of sp³-hybridized carbons (Fsp3) is 0.923. The Hall–Kier alpha value is -0.570. The highest BCUT2D eigenvalue weighted by molar-refractivity contribution is 5.79. The van der Waals surface area contributed by atoms with Gasteiger partial charge in [-0.3, -0.25) is 0 Å². The summed E-state index contributed by atoms with van der Waals surface area (Å²) in [6, 6.07) is 0.